The van der Waals surface area contributed by atoms with Crippen molar-refractivity contribution in [2.24, 2.45) is 5.92 Å². The number of para-hydroxylation sites is 2. The van der Waals surface area contributed by atoms with E-state index in [1.165, 1.54) is 15.6 Å². The lowest BCUT2D eigenvalue weighted by Crippen LogP contribution is -2.48. The summed E-state index contributed by atoms with van der Waals surface area (Å²) in [4.78, 5) is 13.6. The fraction of sp³-hybridized carbons (Fsp3) is 0.450. The number of hydrogen-bond acceptors (Lipinski definition) is 6. The molecule has 1 N–H and O–H groups in total. The Labute approximate surface area is 174 Å². The van der Waals surface area contributed by atoms with Gasteiger partial charge in [0.2, 0.25) is 5.91 Å². The van der Waals surface area contributed by atoms with Gasteiger partial charge in [-0.25, -0.2) is 8.42 Å². The number of thiophene rings is 1. The molecule has 156 valence electrons. The van der Waals surface area contributed by atoms with Gasteiger partial charge in [-0.3, -0.25) is 4.79 Å². The molecule has 1 aromatic heterocycles. The van der Waals surface area contributed by atoms with Crippen molar-refractivity contribution < 1.29 is 22.7 Å². The number of nitrogens with one attached hydrogen (secondary N) is 1. The number of hydrogen-bond donors (Lipinski definition) is 1. The van der Waals surface area contributed by atoms with E-state index < -0.39 is 10.0 Å². The molecule has 1 amide bonds. The predicted octanol–water partition coefficient (Wildman–Crippen LogP) is 2.41. The van der Waals surface area contributed by atoms with Crippen LogP contribution in [0.3, 0.4) is 0 Å². The van der Waals surface area contributed by atoms with E-state index in [9.17, 15) is 13.2 Å². The monoisotopic (exact) mass is 436 g/mol. The third kappa shape index (κ3) is 4.41. The zero-order valence-electron chi connectivity index (χ0n) is 16.2. The SMILES string of the molecule is Cc1ccc(S(=O)(=O)N2CCC[C@H](C(=O)NC[C@H]3COc4ccccc4O3)C2)s1. The molecule has 7 nitrogen and oxygen atoms in total. The van der Waals surface area contributed by atoms with Gasteiger partial charge in [-0.1, -0.05) is 12.1 Å². The molecule has 0 aliphatic carbocycles. The highest BCUT2D eigenvalue weighted by Gasteiger charge is 2.34. The highest BCUT2D eigenvalue weighted by atomic mass is 32.2. The van der Waals surface area contributed by atoms with Gasteiger partial charge >= 0.3 is 0 Å². The van der Waals surface area contributed by atoms with Crippen LogP contribution in [0, 0.1) is 12.8 Å². The van der Waals surface area contributed by atoms with Crippen LogP contribution >= 0.6 is 11.3 Å². The maximum Gasteiger partial charge on any atom is 0.252 e. The molecule has 2 aliphatic rings. The molecule has 1 fully saturated rings. The fourth-order valence-corrected chi connectivity index (χ4v) is 6.54. The number of piperidine rings is 1. The second-order valence-corrected chi connectivity index (χ2v) is 10.8. The molecule has 9 heteroatoms. The first kappa shape index (κ1) is 20.2. The molecule has 2 atom stereocenters. The highest BCUT2D eigenvalue weighted by Crippen LogP contribution is 2.31. The minimum Gasteiger partial charge on any atom is -0.486 e. The first-order valence-electron chi connectivity index (χ1n) is 9.66. The molecule has 1 saturated heterocycles. The summed E-state index contributed by atoms with van der Waals surface area (Å²) in [5.74, 6) is 0.859. The summed E-state index contributed by atoms with van der Waals surface area (Å²) in [5, 5.41) is 2.91. The average Bonchev–Trinajstić information content (AvgIpc) is 3.19. The normalized spacial score (nSPS) is 22.2. The summed E-state index contributed by atoms with van der Waals surface area (Å²) >= 11 is 1.26. The Hall–Kier alpha value is -2.10. The minimum atomic E-state index is -3.55. The molecule has 0 bridgehead atoms. The molecule has 2 aromatic rings. The smallest absolute Gasteiger partial charge is 0.252 e. The van der Waals surface area contributed by atoms with E-state index in [0.29, 0.717) is 48.2 Å². The van der Waals surface area contributed by atoms with Crippen LogP contribution < -0.4 is 14.8 Å². The zero-order valence-corrected chi connectivity index (χ0v) is 17.8. The number of rotatable bonds is 5. The summed E-state index contributed by atoms with van der Waals surface area (Å²) in [6.07, 6.45) is 1.07. The first-order chi connectivity index (χ1) is 13.9. The summed E-state index contributed by atoms with van der Waals surface area (Å²) in [7, 11) is -3.55. The molecule has 4 rings (SSSR count). The lowest BCUT2D eigenvalue weighted by molar-refractivity contribution is -0.126. The molecule has 0 radical (unpaired) electrons. The number of carbonyl (C=O) groups is 1. The molecule has 3 heterocycles. The first-order valence-corrected chi connectivity index (χ1v) is 11.9. The van der Waals surface area contributed by atoms with Crippen LogP contribution in [-0.2, 0) is 14.8 Å². The average molecular weight is 437 g/mol. The second-order valence-electron chi connectivity index (χ2n) is 7.31. The van der Waals surface area contributed by atoms with Crippen molar-refractivity contribution in [3.05, 3.63) is 41.3 Å². The van der Waals surface area contributed by atoms with Crippen LogP contribution in [-0.4, -0.2) is 51.0 Å². The number of nitrogens with zero attached hydrogens (tertiary/aromatic N) is 1. The third-order valence-electron chi connectivity index (χ3n) is 5.14. The van der Waals surface area contributed by atoms with Crippen molar-refractivity contribution in [1.29, 1.82) is 0 Å². The number of benzene rings is 1. The van der Waals surface area contributed by atoms with E-state index in [4.69, 9.17) is 9.47 Å². The lowest BCUT2D eigenvalue weighted by Gasteiger charge is -2.31. The van der Waals surface area contributed by atoms with Gasteiger partial charge in [0.05, 0.1) is 12.5 Å². The number of carbonyl (C=O) groups excluding carboxylic acids is 1. The molecule has 29 heavy (non-hydrogen) atoms. The number of sulfonamides is 1. The Morgan fingerprint density at radius 2 is 2.03 bits per heavy atom. The van der Waals surface area contributed by atoms with Gasteiger partial charge in [0, 0.05) is 18.0 Å². The Morgan fingerprint density at radius 3 is 2.79 bits per heavy atom. The Morgan fingerprint density at radius 1 is 1.24 bits per heavy atom. The summed E-state index contributed by atoms with van der Waals surface area (Å²) in [6.45, 7) is 3.21. The van der Waals surface area contributed by atoms with E-state index in [-0.39, 0.29) is 24.5 Å². The van der Waals surface area contributed by atoms with E-state index in [0.717, 1.165) is 4.88 Å². The maximum atomic E-state index is 12.9. The minimum absolute atomic E-state index is 0.144. The standard InChI is InChI=1S/C20H24N2O5S2/c1-14-8-9-19(28-14)29(24,25)22-10-4-5-15(12-22)20(23)21-11-16-13-26-17-6-2-3-7-18(17)27-16/h2-3,6-9,15-16H,4-5,10-13H2,1H3,(H,21,23)/t15-,16-/m0/s1. The number of aryl methyl sites for hydroxylation is 1. The van der Waals surface area contributed by atoms with Gasteiger partial charge in [0.1, 0.15) is 16.9 Å². The molecular weight excluding hydrogens is 412 g/mol. The lowest BCUT2D eigenvalue weighted by atomic mass is 9.99. The Balaban J connectivity index is 1.33. The summed E-state index contributed by atoms with van der Waals surface area (Å²) < 4.78 is 39.0. The predicted molar refractivity (Wildman–Crippen MR) is 110 cm³/mol. The van der Waals surface area contributed by atoms with Gasteiger partial charge in [-0.2, -0.15) is 4.31 Å². The second kappa shape index (κ2) is 8.33. The summed E-state index contributed by atoms with van der Waals surface area (Å²) in [5.41, 5.74) is 0. The van der Waals surface area contributed by atoms with E-state index in [1.54, 1.807) is 12.1 Å². The van der Waals surface area contributed by atoms with Crippen molar-refractivity contribution in [2.45, 2.75) is 30.1 Å². The van der Waals surface area contributed by atoms with Crippen molar-refractivity contribution in [3.8, 4) is 11.5 Å². The van der Waals surface area contributed by atoms with Gasteiger partial charge in [0.25, 0.3) is 10.0 Å². The van der Waals surface area contributed by atoms with Crippen LogP contribution in [0.25, 0.3) is 0 Å². The van der Waals surface area contributed by atoms with Crippen molar-refractivity contribution in [2.75, 3.05) is 26.2 Å². The van der Waals surface area contributed by atoms with E-state index in [1.807, 2.05) is 31.2 Å². The number of amides is 1. The molecule has 2 aliphatic heterocycles. The molecule has 1 aromatic carbocycles. The van der Waals surface area contributed by atoms with Gasteiger partial charge in [-0.05, 0) is 44.0 Å². The Bertz CT molecular complexity index is 988. The molecule has 0 spiro atoms. The van der Waals surface area contributed by atoms with Crippen molar-refractivity contribution in [3.63, 3.8) is 0 Å². The van der Waals surface area contributed by atoms with Crippen molar-refractivity contribution in [1.82, 2.24) is 9.62 Å². The van der Waals surface area contributed by atoms with Crippen LogP contribution in [0.4, 0.5) is 0 Å². The number of fused-ring (bicyclic) bond motifs is 1. The largest absolute Gasteiger partial charge is 0.486 e. The molecular formula is C20H24N2O5S2. The Kier molecular flexibility index (Phi) is 5.80. The fourth-order valence-electron chi connectivity index (χ4n) is 3.58. The summed E-state index contributed by atoms with van der Waals surface area (Å²) in [6, 6.07) is 10.9. The third-order valence-corrected chi connectivity index (χ3v) is 8.47. The van der Waals surface area contributed by atoms with Gasteiger partial charge in [0.15, 0.2) is 11.5 Å². The zero-order chi connectivity index (χ0) is 20.4. The van der Waals surface area contributed by atoms with Crippen LogP contribution in [0.2, 0.25) is 0 Å². The topological polar surface area (TPSA) is 84.9 Å². The quantitative estimate of drug-likeness (QED) is 0.778. The van der Waals surface area contributed by atoms with Gasteiger partial charge in [-0.15, -0.1) is 11.3 Å². The van der Waals surface area contributed by atoms with Crippen molar-refractivity contribution >= 4 is 27.3 Å². The van der Waals surface area contributed by atoms with E-state index in [2.05, 4.69) is 5.32 Å². The highest BCUT2D eigenvalue weighted by molar-refractivity contribution is 7.91. The molecule has 0 unspecified atom stereocenters. The van der Waals surface area contributed by atoms with Crippen LogP contribution in [0.5, 0.6) is 11.5 Å². The number of ether oxygens (including phenoxy) is 2. The van der Waals surface area contributed by atoms with Crippen LogP contribution in [0.15, 0.2) is 40.6 Å². The van der Waals surface area contributed by atoms with E-state index >= 15 is 0 Å². The van der Waals surface area contributed by atoms with Gasteiger partial charge < -0.3 is 14.8 Å². The maximum absolute atomic E-state index is 12.9. The van der Waals surface area contributed by atoms with Crippen LogP contribution in [0.1, 0.15) is 17.7 Å². The molecule has 0 saturated carbocycles.